The summed E-state index contributed by atoms with van der Waals surface area (Å²) in [7, 11) is 0. The summed E-state index contributed by atoms with van der Waals surface area (Å²) in [4.78, 5) is 2.59. The third-order valence-electron chi connectivity index (χ3n) is 2.32. The van der Waals surface area contributed by atoms with Gasteiger partial charge in [0.25, 0.3) is 0 Å². The Morgan fingerprint density at radius 1 is 0.846 bits per heavy atom. The minimum absolute atomic E-state index is 0.696. The molecule has 0 amide bonds. The SMILES string of the molecule is CC(C)CCN(CC(C)C)C(C)C. The average molecular weight is 185 g/mol. The van der Waals surface area contributed by atoms with Crippen LogP contribution in [0.15, 0.2) is 0 Å². The zero-order valence-corrected chi connectivity index (χ0v) is 10.3. The van der Waals surface area contributed by atoms with Crippen LogP contribution in [0.25, 0.3) is 0 Å². The van der Waals surface area contributed by atoms with Gasteiger partial charge in [0.1, 0.15) is 0 Å². The molecule has 0 radical (unpaired) electrons. The van der Waals surface area contributed by atoms with E-state index in [0.29, 0.717) is 6.04 Å². The summed E-state index contributed by atoms with van der Waals surface area (Å²) in [5.74, 6) is 1.61. The molecule has 13 heavy (non-hydrogen) atoms. The maximum absolute atomic E-state index is 2.59. The highest BCUT2D eigenvalue weighted by atomic mass is 15.1. The van der Waals surface area contributed by atoms with Crippen LogP contribution in [-0.4, -0.2) is 24.0 Å². The highest BCUT2D eigenvalue weighted by Crippen LogP contribution is 2.08. The Balaban J connectivity index is 3.81. The normalized spacial score (nSPS) is 12.5. The lowest BCUT2D eigenvalue weighted by molar-refractivity contribution is 0.187. The first-order valence-electron chi connectivity index (χ1n) is 5.67. The molecule has 0 N–H and O–H groups in total. The van der Waals surface area contributed by atoms with Crippen molar-refractivity contribution in [3.05, 3.63) is 0 Å². The van der Waals surface area contributed by atoms with Gasteiger partial charge < -0.3 is 4.90 Å². The van der Waals surface area contributed by atoms with E-state index in [1.807, 2.05) is 0 Å². The summed E-state index contributed by atoms with van der Waals surface area (Å²) < 4.78 is 0. The van der Waals surface area contributed by atoms with Crippen LogP contribution < -0.4 is 0 Å². The van der Waals surface area contributed by atoms with Crippen molar-refractivity contribution in [1.82, 2.24) is 4.90 Å². The van der Waals surface area contributed by atoms with Gasteiger partial charge in [0, 0.05) is 12.6 Å². The number of nitrogens with zero attached hydrogens (tertiary/aromatic N) is 1. The molecule has 80 valence electrons. The standard InChI is InChI=1S/C12H27N/c1-10(2)7-8-13(12(5)6)9-11(3)4/h10-12H,7-9H2,1-6H3. The fourth-order valence-electron chi connectivity index (χ4n) is 1.45. The Hall–Kier alpha value is -0.0400. The minimum atomic E-state index is 0.696. The zero-order chi connectivity index (χ0) is 10.4. The molecule has 0 aliphatic heterocycles. The van der Waals surface area contributed by atoms with Crippen molar-refractivity contribution in [1.29, 1.82) is 0 Å². The quantitative estimate of drug-likeness (QED) is 0.613. The molecule has 0 heterocycles. The zero-order valence-electron chi connectivity index (χ0n) is 10.3. The second kappa shape index (κ2) is 6.42. The fraction of sp³-hybridized carbons (Fsp3) is 1.00. The molecule has 0 fully saturated rings. The lowest BCUT2D eigenvalue weighted by atomic mass is 10.1. The van der Waals surface area contributed by atoms with Gasteiger partial charge >= 0.3 is 0 Å². The van der Waals surface area contributed by atoms with Gasteiger partial charge in [0.05, 0.1) is 0 Å². The molecular formula is C12H27N. The van der Waals surface area contributed by atoms with E-state index in [0.717, 1.165) is 11.8 Å². The van der Waals surface area contributed by atoms with Gasteiger partial charge in [0.2, 0.25) is 0 Å². The molecule has 0 rings (SSSR count). The van der Waals surface area contributed by atoms with Gasteiger partial charge in [-0.3, -0.25) is 0 Å². The Morgan fingerprint density at radius 3 is 1.69 bits per heavy atom. The van der Waals surface area contributed by atoms with E-state index in [-0.39, 0.29) is 0 Å². The third-order valence-corrected chi connectivity index (χ3v) is 2.32. The summed E-state index contributed by atoms with van der Waals surface area (Å²) in [6.45, 7) is 16.3. The molecule has 0 aliphatic carbocycles. The van der Waals surface area contributed by atoms with Crippen molar-refractivity contribution >= 4 is 0 Å². The number of hydrogen-bond acceptors (Lipinski definition) is 1. The number of hydrogen-bond donors (Lipinski definition) is 0. The Morgan fingerprint density at radius 2 is 1.38 bits per heavy atom. The third kappa shape index (κ3) is 7.06. The van der Waals surface area contributed by atoms with Gasteiger partial charge in [0.15, 0.2) is 0 Å². The van der Waals surface area contributed by atoms with Gasteiger partial charge in [-0.05, 0) is 38.6 Å². The van der Waals surface area contributed by atoms with E-state index in [4.69, 9.17) is 0 Å². The fourth-order valence-corrected chi connectivity index (χ4v) is 1.45. The molecule has 0 aromatic heterocycles. The van der Waals surface area contributed by atoms with Crippen LogP contribution in [0, 0.1) is 11.8 Å². The van der Waals surface area contributed by atoms with Gasteiger partial charge in [-0.25, -0.2) is 0 Å². The lowest BCUT2D eigenvalue weighted by Gasteiger charge is -2.28. The van der Waals surface area contributed by atoms with Gasteiger partial charge in [-0.15, -0.1) is 0 Å². The molecule has 0 saturated carbocycles. The second-order valence-corrected chi connectivity index (χ2v) is 5.17. The van der Waals surface area contributed by atoms with Crippen LogP contribution in [0.1, 0.15) is 48.0 Å². The van der Waals surface area contributed by atoms with Crippen molar-refractivity contribution in [3.8, 4) is 0 Å². The Bertz CT molecular complexity index is 116. The van der Waals surface area contributed by atoms with Crippen LogP contribution in [0.3, 0.4) is 0 Å². The summed E-state index contributed by atoms with van der Waals surface area (Å²) in [5, 5.41) is 0. The molecule has 0 spiro atoms. The average Bonchev–Trinajstić information content (AvgIpc) is 1.96. The van der Waals surface area contributed by atoms with Gasteiger partial charge in [-0.1, -0.05) is 27.7 Å². The van der Waals surface area contributed by atoms with Crippen LogP contribution in [0.5, 0.6) is 0 Å². The van der Waals surface area contributed by atoms with E-state index in [1.54, 1.807) is 0 Å². The monoisotopic (exact) mass is 185 g/mol. The van der Waals surface area contributed by atoms with Crippen molar-refractivity contribution in [2.24, 2.45) is 11.8 Å². The molecule has 0 saturated heterocycles. The topological polar surface area (TPSA) is 3.24 Å². The summed E-state index contributed by atoms with van der Waals surface area (Å²) in [6, 6.07) is 0.696. The largest absolute Gasteiger partial charge is 0.301 e. The van der Waals surface area contributed by atoms with E-state index >= 15 is 0 Å². The van der Waals surface area contributed by atoms with Crippen LogP contribution >= 0.6 is 0 Å². The van der Waals surface area contributed by atoms with Crippen molar-refractivity contribution in [3.63, 3.8) is 0 Å². The van der Waals surface area contributed by atoms with Crippen LogP contribution in [-0.2, 0) is 0 Å². The van der Waals surface area contributed by atoms with Crippen LogP contribution in [0.2, 0.25) is 0 Å². The molecule has 1 heteroatoms. The first-order valence-corrected chi connectivity index (χ1v) is 5.67. The van der Waals surface area contributed by atoms with E-state index in [9.17, 15) is 0 Å². The number of rotatable bonds is 6. The Kier molecular flexibility index (Phi) is 6.40. The lowest BCUT2D eigenvalue weighted by Crippen LogP contribution is -2.35. The molecular weight excluding hydrogens is 158 g/mol. The summed E-state index contributed by atoms with van der Waals surface area (Å²) >= 11 is 0. The molecule has 1 nitrogen and oxygen atoms in total. The molecule has 0 aliphatic rings. The molecule has 0 aromatic rings. The maximum atomic E-state index is 2.59. The van der Waals surface area contributed by atoms with Crippen molar-refractivity contribution in [2.45, 2.75) is 54.0 Å². The Labute approximate surface area is 84.5 Å². The highest BCUT2D eigenvalue weighted by Gasteiger charge is 2.10. The maximum Gasteiger partial charge on any atom is 0.00387 e. The summed E-state index contributed by atoms with van der Waals surface area (Å²) in [5.41, 5.74) is 0. The smallest absolute Gasteiger partial charge is 0.00387 e. The second-order valence-electron chi connectivity index (χ2n) is 5.17. The van der Waals surface area contributed by atoms with E-state index in [1.165, 1.54) is 19.5 Å². The van der Waals surface area contributed by atoms with E-state index in [2.05, 4.69) is 46.4 Å². The predicted molar refractivity (Wildman–Crippen MR) is 61.0 cm³/mol. The molecule has 0 atom stereocenters. The summed E-state index contributed by atoms with van der Waals surface area (Å²) in [6.07, 6.45) is 1.32. The first kappa shape index (κ1) is 13.0. The van der Waals surface area contributed by atoms with Crippen molar-refractivity contribution in [2.75, 3.05) is 13.1 Å². The van der Waals surface area contributed by atoms with Gasteiger partial charge in [-0.2, -0.15) is 0 Å². The highest BCUT2D eigenvalue weighted by molar-refractivity contribution is 4.65. The minimum Gasteiger partial charge on any atom is -0.301 e. The first-order chi connectivity index (χ1) is 5.93. The molecule has 0 bridgehead atoms. The van der Waals surface area contributed by atoms with E-state index < -0.39 is 0 Å². The molecule has 0 unspecified atom stereocenters. The predicted octanol–water partition coefficient (Wildman–Crippen LogP) is 3.40. The van der Waals surface area contributed by atoms with Crippen molar-refractivity contribution < 1.29 is 0 Å². The van der Waals surface area contributed by atoms with Crippen LogP contribution in [0.4, 0.5) is 0 Å². The molecule has 0 aromatic carbocycles.